The van der Waals surface area contributed by atoms with Crippen molar-refractivity contribution < 1.29 is 14.1 Å². The van der Waals surface area contributed by atoms with Gasteiger partial charge in [0.05, 0.1) is 5.69 Å². The number of ether oxygens (including phenoxy) is 1. The van der Waals surface area contributed by atoms with Gasteiger partial charge in [-0.1, -0.05) is 12.1 Å². The Balaban J connectivity index is 1.95. The number of hydrogen-bond donors (Lipinski definition) is 1. The van der Waals surface area contributed by atoms with E-state index in [0.717, 1.165) is 36.4 Å². The van der Waals surface area contributed by atoms with E-state index in [2.05, 4.69) is 17.4 Å². The van der Waals surface area contributed by atoms with E-state index in [1.54, 1.807) is 4.90 Å². The second kappa shape index (κ2) is 6.91. The molecule has 1 N–H and O–H groups in total. The highest BCUT2D eigenvalue weighted by atomic mass is 16.6. The van der Waals surface area contributed by atoms with Crippen molar-refractivity contribution >= 4 is 6.09 Å². The fourth-order valence-corrected chi connectivity index (χ4v) is 3.07. The first kappa shape index (κ1) is 17.8. The Kier molecular flexibility index (Phi) is 5.34. The normalized spacial score (nSPS) is 19.9. The summed E-state index contributed by atoms with van der Waals surface area (Å²) in [4.78, 5) is 13.9. The maximum Gasteiger partial charge on any atom is 0.410 e. The number of rotatable bonds is 4. The molecule has 0 spiro atoms. The van der Waals surface area contributed by atoms with Crippen LogP contribution >= 0.6 is 0 Å². The van der Waals surface area contributed by atoms with Crippen LogP contribution in [0.4, 0.5) is 4.79 Å². The monoisotopic (exact) mass is 323 g/mol. The number of likely N-dealkylation sites (tertiary alicyclic amines) is 1. The van der Waals surface area contributed by atoms with Crippen LogP contribution in [0.15, 0.2) is 4.52 Å². The maximum atomic E-state index is 12.1. The molecule has 0 radical (unpaired) electrons. The molecular formula is C17H29N3O3. The van der Waals surface area contributed by atoms with E-state index in [1.165, 1.54) is 0 Å². The molecule has 1 aromatic heterocycles. The molecule has 23 heavy (non-hydrogen) atoms. The van der Waals surface area contributed by atoms with Gasteiger partial charge in [0.1, 0.15) is 11.4 Å². The zero-order chi connectivity index (χ0) is 17.2. The van der Waals surface area contributed by atoms with Gasteiger partial charge in [0.15, 0.2) is 0 Å². The molecular weight excluding hydrogens is 294 g/mol. The van der Waals surface area contributed by atoms with E-state index < -0.39 is 5.60 Å². The van der Waals surface area contributed by atoms with Crippen LogP contribution in [0.3, 0.4) is 0 Å². The van der Waals surface area contributed by atoms with Crippen LogP contribution in [0.2, 0.25) is 0 Å². The number of amides is 1. The van der Waals surface area contributed by atoms with E-state index in [1.807, 2.05) is 34.6 Å². The summed E-state index contributed by atoms with van der Waals surface area (Å²) in [6.45, 7) is 13.1. The molecule has 2 atom stereocenters. The average Bonchev–Trinajstić information content (AvgIpc) is 3.02. The highest BCUT2D eigenvalue weighted by Crippen LogP contribution is 2.26. The van der Waals surface area contributed by atoms with Gasteiger partial charge in [-0.25, -0.2) is 4.79 Å². The van der Waals surface area contributed by atoms with Crippen molar-refractivity contribution in [3.05, 3.63) is 17.0 Å². The molecule has 0 unspecified atom stereocenters. The highest BCUT2D eigenvalue weighted by Gasteiger charge is 2.31. The van der Waals surface area contributed by atoms with Crippen LogP contribution in [0.1, 0.15) is 63.6 Å². The molecule has 1 fully saturated rings. The fraction of sp³-hybridized carbons (Fsp3) is 0.765. The zero-order valence-corrected chi connectivity index (χ0v) is 15.1. The topological polar surface area (TPSA) is 67.6 Å². The van der Waals surface area contributed by atoms with Crippen molar-refractivity contribution in [2.75, 3.05) is 13.1 Å². The van der Waals surface area contributed by atoms with Crippen molar-refractivity contribution in [1.29, 1.82) is 0 Å². The van der Waals surface area contributed by atoms with E-state index in [0.29, 0.717) is 6.54 Å². The Labute approximate surface area is 138 Å². The number of aryl methyl sites for hydroxylation is 2. The Morgan fingerprint density at radius 1 is 1.48 bits per heavy atom. The Hall–Kier alpha value is -1.56. The molecule has 6 heteroatoms. The minimum atomic E-state index is -0.453. The van der Waals surface area contributed by atoms with Crippen LogP contribution in [0.25, 0.3) is 0 Å². The maximum absolute atomic E-state index is 12.1. The molecule has 0 aromatic carbocycles. The number of nitrogens with one attached hydrogen (secondary N) is 1. The standard InChI is InChI=1S/C17H29N3O3/c1-7-14(15-11(2)19-23-12(15)3)18-13-8-9-20(10-13)16(21)22-17(4,5)6/h13-14,18H,7-10H2,1-6H3/t13-,14-/m1/s1. The summed E-state index contributed by atoms with van der Waals surface area (Å²) < 4.78 is 10.7. The first-order valence-corrected chi connectivity index (χ1v) is 8.38. The lowest BCUT2D eigenvalue weighted by atomic mass is 10.0. The zero-order valence-electron chi connectivity index (χ0n) is 15.1. The Bertz CT molecular complexity index is 528. The number of hydrogen-bond acceptors (Lipinski definition) is 5. The average molecular weight is 323 g/mol. The number of aromatic nitrogens is 1. The van der Waals surface area contributed by atoms with Gasteiger partial charge in [-0.05, 0) is 47.5 Å². The SMILES string of the molecule is CC[C@@H](N[C@@H]1CCN(C(=O)OC(C)(C)C)C1)c1c(C)noc1C. The molecule has 0 saturated carbocycles. The van der Waals surface area contributed by atoms with Gasteiger partial charge in [-0.15, -0.1) is 0 Å². The summed E-state index contributed by atoms with van der Waals surface area (Å²) in [7, 11) is 0. The van der Waals surface area contributed by atoms with Gasteiger partial charge in [0.2, 0.25) is 0 Å². The number of nitrogens with zero attached hydrogens (tertiary/aromatic N) is 2. The Morgan fingerprint density at radius 3 is 2.70 bits per heavy atom. The molecule has 1 saturated heterocycles. The van der Waals surface area contributed by atoms with Crippen LogP contribution in [-0.2, 0) is 4.74 Å². The largest absolute Gasteiger partial charge is 0.444 e. The fourth-order valence-electron chi connectivity index (χ4n) is 3.07. The minimum absolute atomic E-state index is 0.199. The molecule has 1 amide bonds. The third-order valence-electron chi connectivity index (χ3n) is 4.12. The summed E-state index contributed by atoms with van der Waals surface area (Å²) >= 11 is 0. The first-order chi connectivity index (χ1) is 10.7. The summed E-state index contributed by atoms with van der Waals surface area (Å²) in [6, 6.07) is 0.464. The van der Waals surface area contributed by atoms with E-state index >= 15 is 0 Å². The van der Waals surface area contributed by atoms with Crippen molar-refractivity contribution in [3.8, 4) is 0 Å². The molecule has 1 aliphatic rings. The van der Waals surface area contributed by atoms with Gasteiger partial charge in [0.25, 0.3) is 0 Å². The molecule has 130 valence electrons. The molecule has 1 aromatic rings. The summed E-state index contributed by atoms with van der Waals surface area (Å²) in [5, 5.41) is 7.69. The summed E-state index contributed by atoms with van der Waals surface area (Å²) in [5.74, 6) is 0.865. The van der Waals surface area contributed by atoms with Crippen LogP contribution in [0, 0.1) is 13.8 Å². The van der Waals surface area contributed by atoms with Gasteiger partial charge in [0, 0.05) is 30.7 Å². The van der Waals surface area contributed by atoms with Crippen molar-refractivity contribution in [2.24, 2.45) is 0 Å². The second-order valence-corrected chi connectivity index (χ2v) is 7.28. The van der Waals surface area contributed by atoms with Gasteiger partial charge in [-0.2, -0.15) is 0 Å². The molecule has 0 aliphatic carbocycles. The summed E-state index contributed by atoms with van der Waals surface area (Å²) in [6.07, 6.45) is 1.65. The van der Waals surface area contributed by atoms with E-state index in [9.17, 15) is 4.79 Å². The van der Waals surface area contributed by atoms with Crippen molar-refractivity contribution in [1.82, 2.24) is 15.4 Å². The van der Waals surface area contributed by atoms with E-state index in [-0.39, 0.29) is 18.2 Å². The second-order valence-electron chi connectivity index (χ2n) is 7.28. The van der Waals surface area contributed by atoms with Crippen LogP contribution in [0.5, 0.6) is 0 Å². The lowest BCUT2D eigenvalue weighted by Crippen LogP contribution is -2.39. The molecule has 2 rings (SSSR count). The lowest BCUT2D eigenvalue weighted by Gasteiger charge is -2.25. The lowest BCUT2D eigenvalue weighted by molar-refractivity contribution is 0.0290. The predicted molar refractivity (Wildman–Crippen MR) is 88.4 cm³/mol. The third kappa shape index (κ3) is 4.47. The molecule has 6 nitrogen and oxygen atoms in total. The van der Waals surface area contributed by atoms with Gasteiger partial charge < -0.3 is 19.5 Å². The number of carbonyl (C=O) groups excluding carboxylic acids is 1. The van der Waals surface area contributed by atoms with Gasteiger partial charge >= 0.3 is 6.09 Å². The van der Waals surface area contributed by atoms with Crippen molar-refractivity contribution in [3.63, 3.8) is 0 Å². The molecule has 0 bridgehead atoms. The molecule has 1 aliphatic heterocycles. The van der Waals surface area contributed by atoms with Crippen LogP contribution in [-0.4, -0.2) is 40.9 Å². The minimum Gasteiger partial charge on any atom is -0.444 e. The quantitative estimate of drug-likeness (QED) is 0.920. The smallest absolute Gasteiger partial charge is 0.410 e. The highest BCUT2D eigenvalue weighted by molar-refractivity contribution is 5.68. The Morgan fingerprint density at radius 2 is 2.17 bits per heavy atom. The number of carbonyl (C=O) groups is 1. The van der Waals surface area contributed by atoms with Crippen LogP contribution < -0.4 is 5.32 Å². The van der Waals surface area contributed by atoms with E-state index in [4.69, 9.17) is 9.26 Å². The molecule has 2 heterocycles. The predicted octanol–water partition coefficient (Wildman–Crippen LogP) is 3.34. The third-order valence-corrected chi connectivity index (χ3v) is 4.12. The summed E-state index contributed by atoms with van der Waals surface area (Å²) in [5.41, 5.74) is 1.62. The van der Waals surface area contributed by atoms with Crippen molar-refractivity contribution in [2.45, 2.75) is 72.1 Å². The first-order valence-electron chi connectivity index (χ1n) is 8.38. The van der Waals surface area contributed by atoms with Gasteiger partial charge in [-0.3, -0.25) is 0 Å².